The van der Waals surface area contributed by atoms with E-state index in [0.717, 1.165) is 17.7 Å². The van der Waals surface area contributed by atoms with E-state index in [2.05, 4.69) is 15.3 Å². The molecule has 1 amide bonds. The van der Waals surface area contributed by atoms with Crippen LogP contribution in [0.1, 0.15) is 54.2 Å². The minimum Gasteiger partial charge on any atom is -0.496 e. The van der Waals surface area contributed by atoms with Gasteiger partial charge in [-0.1, -0.05) is 0 Å². The molecule has 1 saturated heterocycles. The Hall–Kier alpha value is -4.16. The number of nitrogens with one attached hydrogen (secondary N) is 1. The molecule has 1 aliphatic heterocycles. The van der Waals surface area contributed by atoms with Gasteiger partial charge in [0.1, 0.15) is 17.4 Å². The maximum absolute atomic E-state index is 13.4. The second kappa shape index (κ2) is 10.3. The van der Waals surface area contributed by atoms with E-state index in [9.17, 15) is 33.2 Å². The standard InChI is InChI=1S/C25H26F3N5O5/c1-13(16-8-17(25(26,27)28)10-18(9-16)33(36)37)29-23-20-11-19(15-4-6-32(7-5-15)24(34)35)22(38-3)12-21(20)30-14(2)31-23/h8-13,15H,4-7H2,1-3H3,(H,34,35)(H,29,30,31)/t13-/m1/s1. The van der Waals surface area contributed by atoms with Gasteiger partial charge in [0.2, 0.25) is 0 Å². The Balaban J connectivity index is 1.73. The number of halogens is 3. The molecule has 4 rings (SSSR count). The zero-order chi connectivity index (χ0) is 27.8. The Morgan fingerprint density at radius 1 is 1.21 bits per heavy atom. The number of hydrogen-bond acceptors (Lipinski definition) is 7. The summed E-state index contributed by atoms with van der Waals surface area (Å²) in [6, 6.07) is 5.35. The lowest BCUT2D eigenvalue weighted by atomic mass is 9.88. The van der Waals surface area contributed by atoms with E-state index in [-0.39, 0.29) is 11.5 Å². The molecule has 0 spiro atoms. The molecule has 0 saturated carbocycles. The van der Waals surface area contributed by atoms with Crippen molar-refractivity contribution >= 4 is 28.5 Å². The number of anilines is 1. The van der Waals surface area contributed by atoms with Crippen LogP contribution in [0.4, 0.5) is 29.5 Å². The van der Waals surface area contributed by atoms with E-state index in [0.29, 0.717) is 60.3 Å². The predicted octanol–water partition coefficient (Wildman–Crippen LogP) is 5.90. The number of nitrogens with zero attached hydrogens (tertiary/aromatic N) is 4. The summed E-state index contributed by atoms with van der Waals surface area (Å²) in [5.41, 5.74) is -0.301. The molecule has 3 aromatic rings. The Bertz CT molecular complexity index is 1390. The number of nitro benzene ring substituents is 1. The van der Waals surface area contributed by atoms with Crippen LogP contribution in [0.2, 0.25) is 0 Å². The second-order valence-electron chi connectivity index (χ2n) is 9.21. The van der Waals surface area contributed by atoms with Crippen molar-refractivity contribution < 1.29 is 32.7 Å². The van der Waals surface area contributed by atoms with Gasteiger partial charge in [-0.2, -0.15) is 13.2 Å². The van der Waals surface area contributed by atoms with Gasteiger partial charge in [-0.05, 0) is 55.9 Å². The molecule has 1 aromatic heterocycles. The van der Waals surface area contributed by atoms with Gasteiger partial charge in [0.15, 0.2) is 0 Å². The molecular weight excluding hydrogens is 507 g/mol. The number of alkyl halides is 3. The highest BCUT2D eigenvalue weighted by Crippen LogP contribution is 2.39. The van der Waals surface area contributed by atoms with E-state index in [4.69, 9.17) is 4.74 Å². The lowest BCUT2D eigenvalue weighted by molar-refractivity contribution is -0.385. The number of amides is 1. The third-order valence-electron chi connectivity index (χ3n) is 6.70. The van der Waals surface area contributed by atoms with Crippen LogP contribution in [-0.4, -0.2) is 51.2 Å². The third kappa shape index (κ3) is 5.55. The molecule has 2 aromatic carbocycles. The molecule has 2 heterocycles. The van der Waals surface area contributed by atoms with Gasteiger partial charge in [0, 0.05) is 36.7 Å². The summed E-state index contributed by atoms with van der Waals surface area (Å²) < 4.78 is 45.8. The normalized spacial score (nSPS) is 15.4. The zero-order valence-corrected chi connectivity index (χ0v) is 20.9. The quantitative estimate of drug-likeness (QED) is 0.296. The Kier molecular flexibility index (Phi) is 7.29. The van der Waals surface area contributed by atoms with Crippen LogP contribution in [0, 0.1) is 17.0 Å². The van der Waals surface area contributed by atoms with Crippen molar-refractivity contribution in [2.75, 3.05) is 25.5 Å². The smallest absolute Gasteiger partial charge is 0.416 e. The minimum atomic E-state index is -4.75. The maximum atomic E-state index is 13.4. The van der Waals surface area contributed by atoms with Gasteiger partial charge in [-0.25, -0.2) is 14.8 Å². The van der Waals surface area contributed by atoms with Gasteiger partial charge in [-0.15, -0.1) is 0 Å². The van der Waals surface area contributed by atoms with Crippen molar-refractivity contribution in [1.29, 1.82) is 0 Å². The molecule has 1 atom stereocenters. The van der Waals surface area contributed by atoms with E-state index >= 15 is 0 Å². The van der Waals surface area contributed by atoms with Gasteiger partial charge >= 0.3 is 12.3 Å². The van der Waals surface area contributed by atoms with E-state index in [1.165, 1.54) is 12.0 Å². The number of piperidine rings is 1. The number of hydrogen-bond donors (Lipinski definition) is 2. The molecule has 10 nitrogen and oxygen atoms in total. The highest BCUT2D eigenvalue weighted by molar-refractivity contribution is 5.91. The van der Waals surface area contributed by atoms with Crippen LogP contribution in [0.15, 0.2) is 30.3 Å². The summed E-state index contributed by atoms with van der Waals surface area (Å²) >= 11 is 0. The fourth-order valence-electron chi connectivity index (χ4n) is 4.72. The van der Waals surface area contributed by atoms with Gasteiger partial charge in [0.25, 0.3) is 5.69 Å². The molecule has 38 heavy (non-hydrogen) atoms. The van der Waals surface area contributed by atoms with Gasteiger partial charge in [0.05, 0.1) is 29.2 Å². The first kappa shape index (κ1) is 26.9. The van der Waals surface area contributed by atoms with Crippen LogP contribution in [0.25, 0.3) is 10.9 Å². The molecule has 0 aliphatic carbocycles. The number of carboxylic acid groups (broad SMARTS) is 1. The highest BCUT2D eigenvalue weighted by atomic mass is 19.4. The largest absolute Gasteiger partial charge is 0.496 e. The van der Waals surface area contributed by atoms with Crippen LogP contribution in [-0.2, 0) is 6.18 Å². The van der Waals surface area contributed by atoms with Crippen molar-refractivity contribution in [3.8, 4) is 5.75 Å². The third-order valence-corrected chi connectivity index (χ3v) is 6.70. The maximum Gasteiger partial charge on any atom is 0.416 e. The van der Waals surface area contributed by atoms with Crippen molar-refractivity contribution in [1.82, 2.24) is 14.9 Å². The molecule has 0 bridgehead atoms. The second-order valence-corrected chi connectivity index (χ2v) is 9.21. The van der Waals surface area contributed by atoms with E-state index in [1.54, 1.807) is 19.9 Å². The zero-order valence-electron chi connectivity index (χ0n) is 20.9. The number of carbonyl (C=O) groups is 1. The molecular formula is C25H26F3N5O5. The molecule has 13 heteroatoms. The molecule has 1 aliphatic rings. The van der Waals surface area contributed by atoms with Crippen LogP contribution < -0.4 is 10.1 Å². The Morgan fingerprint density at radius 2 is 1.89 bits per heavy atom. The molecule has 0 radical (unpaired) electrons. The van der Waals surface area contributed by atoms with Crippen LogP contribution >= 0.6 is 0 Å². The summed E-state index contributed by atoms with van der Waals surface area (Å²) in [5.74, 6) is 1.37. The van der Waals surface area contributed by atoms with Crippen molar-refractivity contribution in [2.45, 2.75) is 44.8 Å². The Labute approximate surface area is 215 Å². The number of methoxy groups -OCH3 is 1. The monoisotopic (exact) mass is 533 g/mol. The SMILES string of the molecule is COc1cc2nc(C)nc(N[C@H](C)c3cc([N+](=O)[O-])cc(C(F)(F)F)c3)c2cc1C1CCN(C(=O)O)CC1. The first-order valence-corrected chi connectivity index (χ1v) is 11.8. The van der Waals surface area contributed by atoms with Crippen LogP contribution in [0.5, 0.6) is 5.75 Å². The minimum absolute atomic E-state index is 0.0163. The fourth-order valence-corrected chi connectivity index (χ4v) is 4.72. The lowest BCUT2D eigenvalue weighted by Gasteiger charge is -2.31. The van der Waals surface area contributed by atoms with Crippen molar-refractivity contribution in [2.24, 2.45) is 0 Å². The average molecular weight is 534 g/mol. The summed E-state index contributed by atoms with van der Waals surface area (Å²) in [4.78, 5) is 32.0. The van der Waals surface area contributed by atoms with Crippen molar-refractivity contribution in [3.63, 3.8) is 0 Å². The first-order chi connectivity index (χ1) is 17.9. The molecule has 202 valence electrons. The Morgan fingerprint density at radius 3 is 2.47 bits per heavy atom. The molecule has 2 N–H and O–H groups in total. The van der Waals surface area contributed by atoms with E-state index in [1.807, 2.05) is 6.07 Å². The summed E-state index contributed by atoms with van der Waals surface area (Å²) in [5, 5.41) is 24.3. The fraction of sp³-hybridized carbons (Fsp3) is 0.400. The number of fused-ring (bicyclic) bond motifs is 1. The average Bonchev–Trinajstić information content (AvgIpc) is 2.87. The number of aryl methyl sites for hydroxylation is 1. The van der Waals surface area contributed by atoms with E-state index < -0.39 is 34.5 Å². The number of nitro groups is 1. The first-order valence-electron chi connectivity index (χ1n) is 11.8. The predicted molar refractivity (Wildman–Crippen MR) is 133 cm³/mol. The molecule has 1 fully saturated rings. The summed E-state index contributed by atoms with van der Waals surface area (Å²) in [6.45, 7) is 4.02. The number of aromatic nitrogens is 2. The number of ether oxygens (including phenoxy) is 1. The van der Waals surface area contributed by atoms with Crippen LogP contribution in [0.3, 0.4) is 0 Å². The highest BCUT2D eigenvalue weighted by Gasteiger charge is 2.33. The summed E-state index contributed by atoms with van der Waals surface area (Å²) in [6.07, 6.45) is -4.53. The molecule has 0 unspecified atom stereocenters. The number of likely N-dealkylation sites (tertiary alicyclic amines) is 1. The lowest BCUT2D eigenvalue weighted by Crippen LogP contribution is -2.36. The number of rotatable bonds is 6. The number of benzene rings is 2. The number of non-ortho nitro benzene ring substituents is 1. The van der Waals surface area contributed by atoms with Crippen molar-refractivity contribution in [3.05, 3.63) is 63.0 Å². The summed E-state index contributed by atoms with van der Waals surface area (Å²) in [7, 11) is 1.53. The van der Waals surface area contributed by atoms with Gasteiger partial charge in [-0.3, -0.25) is 10.1 Å². The van der Waals surface area contributed by atoms with Gasteiger partial charge < -0.3 is 20.1 Å². The topological polar surface area (TPSA) is 131 Å².